The highest BCUT2D eigenvalue weighted by Crippen LogP contribution is 2.42. The van der Waals surface area contributed by atoms with Crippen LogP contribution < -0.4 is 4.90 Å². The average Bonchev–Trinajstić information content (AvgIpc) is 2.94. The van der Waals surface area contributed by atoms with Crippen LogP contribution in [0.4, 0.5) is 18.3 Å². The van der Waals surface area contributed by atoms with E-state index >= 15 is 0 Å². The van der Waals surface area contributed by atoms with Crippen LogP contribution in [0.15, 0.2) is 6.20 Å². The summed E-state index contributed by atoms with van der Waals surface area (Å²) in [5, 5.41) is 0.553. The van der Waals surface area contributed by atoms with E-state index in [0.717, 1.165) is 36.9 Å². The van der Waals surface area contributed by atoms with E-state index in [0.29, 0.717) is 17.1 Å². The highest BCUT2D eigenvalue weighted by atomic mass is 32.1. The first-order chi connectivity index (χ1) is 8.55. The Bertz CT molecular complexity index is 429. The van der Waals surface area contributed by atoms with Gasteiger partial charge in [-0.1, -0.05) is 24.2 Å². The second-order valence-electron chi connectivity index (χ2n) is 5.10. The highest BCUT2D eigenvalue weighted by Gasteiger charge is 2.39. The molecule has 0 N–H and O–H groups in total. The normalized spacial score (nSPS) is 28.5. The Morgan fingerprint density at radius 1 is 1.22 bits per heavy atom. The molecular formula is C12H15F3N2S. The van der Waals surface area contributed by atoms with Crippen molar-refractivity contribution in [3.63, 3.8) is 0 Å². The molecule has 0 amide bonds. The third-order valence-electron chi connectivity index (χ3n) is 4.03. The van der Waals surface area contributed by atoms with Gasteiger partial charge in [0, 0.05) is 12.6 Å². The van der Waals surface area contributed by atoms with Gasteiger partial charge in [-0.15, -0.1) is 0 Å². The van der Waals surface area contributed by atoms with Gasteiger partial charge in [0.2, 0.25) is 0 Å². The van der Waals surface area contributed by atoms with Crippen LogP contribution in [-0.4, -0.2) is 17.6 Å². The molecule has 1 aliphatic heterocycles. The number of alkyl halides is 3. The van der Waals surface area contributed by atoms with Crippen molar-refractivity contribution in [1.29, 1.82) is 0 Å². The first-order valence-electron chi connectivity index (χ1n) is 6.35. The largest absolute Gasteiger partial charge is 0.427 e. The van der Waals surface area contributed by atoms with Crippen LogP contribution in [0.2, 0.25) is 0 Å². The minimum atomic E-state index is -4.26. The lowest BCUT2D eigenvalue weighted by molar-refractivity contribution is -0.134. The number of fused-ring (bicyclic) bond motifs is 1. The summed E-state index contributed by atoms with van der Waals surface area (Å²) in [6, 6.07) is 0.422. The number of hydrogen-bond donors (Lipinski definition) is 0. The summed E-state index contributed by atoms with van der Waals surface area (Å²) in [5.41, 5.74) is 0. The zero-order valence-electron chi connectivity index (χ0n) is 9.91. The number of nitrogens with zero attached hydrogens (tertiary/aromatic N) is 2. The molecule has 1 saturated heterocycles. The predicted molar refractivity (Wildman–Crippen MR) is 64.8 cm³/mol. The zero-order chi connectivity index (χ0) is 12.8. The molecule has 0 spiro atoms. The molecule has 100 valence electrons. The topological polar surface area (TPSA) is 16.1 Å². The van der Waals surface area contributed by atoms with E-state index in [-0.39, 0.29) is 0 Å². The summed E-state index contributed by atoms with van der Waals surface area (Å²) < 4.78 is 37.7. The highest BCUT2D eigenvalue weighted by molar-refractivity contribution is 7.15. The average molecular weight is 276 g/mol. The number of anilines is 1. The molecule has 18 heavy (non-hydrogen) atoms. The summed E-state index contributed by atoms with van der Waals surface area (Å²) in [6.07, 6.45) is 2.59. The Balaban J connectivity index is 1.80. The van der Waals surface area contributed by atoms with Gasteiger partial charge < -0.3 is 4.90 Å². The maximum absolute atomic E-state index is 12.6. The van der Waals surface area contributed by atoms with Gasteiger partial charge in [0.15, 0.2) is 5.13 Å². The van der Waals surface area contributed by atoms with Gasteiger partial charge in [0.1, 0.15) is 4.88 Å². The summed E-state index contributed by atoms with van der Waals surface area (Å²) >= 11 is 0.783. The lowest BCUT2D eigenvalue weighted by Gasteiger charge is -2.31. The molecular weight excluding hydrogens is 261 g/mol. The van der Waals surface area contributed by atoms with Crippen LogP contribution in [0.1, 0.15) is 37.0 Å². The minimum Gasteiger partial charge on any atom is -0.345 e. The SMILES string of the molecule is FC(F)(F)c1cnc(N2CCC3CCCCC32)s1. The van der Waals surface area contributed by atoms with Gasteiger partial charge in [-0.25, -0.2) is 4.98 Å². The van der Waals surface area contributed by atoms with Crippen LogP contribution in [-0.2, 0) is 6.18 Å². The molecule has 0 bridgehead atoms. The number of aromatic nitrogens is 1. The minimum absolute atomic E-state index is 0.422. The molecule has 2 atom stereocenters. The fourth-order valence-electron chi connectivity index (χ4n) is 3.17. The van der Waals surface area contributed by atoms with Crippen molar-refractivity contribution in [2.24, 2.45) is 5.92 Å². The van der Waals surface area contributed by atoms with Crippen LogP contribution in [0.3, 0.4) is 0 Å². The third-order valence-corrected chi connectivity index (χ3v) is 5.11. The molecule has 2 fully saturated rings. The van der Waals surface area contributed by atoms with Gasteiger partial charge in [0.05, 0.1) is 6.20 Å². The Morgan fingerprint density at radius 3 is 2.72 bits per heavy atom. The van der Waals surface area contributed by atoms with Gasteiger partial charge >= 0.3 is 6.18 Å². The molecule has 0 radical (unpaired) electrons. The van der Waals surface area contributed by atoms with E-state index in [2.05, 4.69) is 9.88 Å². The van der Waals surface area contributed by atoms with Gasteiger partial charge in [-0.05, 0) is 25.2 Å². The van der Waals surface area contributed by atoms with E-state index in [4.69, 9.17) is 0 Å². The molecule has 1 aromatic rings. The summed E-state index contributed by atoms with van der Waals surface area (Å²) in [7, 11) is 0. The van der Waals surface area contributed by atoms with Crippen molar-refractivity contribution in [2.45, 2.75) is 44.3 Å². The standard InChI is InChI=1S/C12H15F3N2S/c13-12(14,15)10-7-16-11(18-10)17-6-5-8-3-1-2-4-9(8)17/h7-9H,1-6H2. The molecule has 1 saturated carbocycles. The second kappa shape index (κ2) is 4.40. The number of hydrogen-bond acceptors (Lipinski definition) is 3. The van der Waals surface area contributed by atoms with Crippen LogP contribution >= 0.6 is 11.3 Å². The van der Waals surface area contributed by atoms with Crippen molar-refractivity contribution < 1.29 is 13.2 Å². The number of rotatable bonds is 1. The fraction of sp³-hybridized carbons (Fsp3) is 0.750. The van der Waals surface area contributed by atoms with Crippen molar-refractivity contribution >= 4 is 16.5 Å². The van der Waals surface area contributed by atoms with Gasteiger partial charge in [0.25, 0.3) is 0 Å². The van der Waals surface area contributed by atoms with Crippen LogP contribution in [0, 0.1) is 5.92 Å². The smallest absolute Gasteiger partial charge is 0.345 e. The monoisotopic (exact) mass is 276 g/mol. The lowest BCUT2D eigenvalue weighted by Crippen LogP contribution is -2.34. The molecule has 2 unspecified atom stereocenters. The Hall–Kier alpha value is -0.780. The van der Waals surface area contributed by atoms with Gasteiger partial charge in [-0.3, -0.25) is 0 Å². The van der Waals surface area contributed by atoms with E-state index in [1.165, 1.54) is 19.3 Å². The molecule has 3 rings (SSSR count). The molecule has 2 aliphatic rings. The zero-order valence-corrected chi connectivity index (χ0v) is 10.7. The maximum atomic E-state index is 12.6. The maximum Gasteiger partial charge on any atom is 0.427 e. The van der Waals surface area contributed by atoms with E-state index < -0.39 is 11.1 Å². The van der Waals surface area contributed by atoms with Crippen molar-refractivity contribution in [3.8, 4) is 0 Å². The van der Waals surface area contributed by atoms with Crippen LogP contribution in [0.5, 0.6) is 0 Å². The van der Waals surface area contributed by atoms with E-state index in [1.54, 1.807) is 0 Å². The molecule has 1 aliphatic carbocycles. The first kappa shape index (κ1) is 12.3. The quantitative estimate of drug-likeness (QED) is 0.772. The summed E-state index contributed by atoms with van der Waals surface area (Å²) in [6.45, 7) is 0.861. The van der Waals surface area contributed by atoms with Gasteiger partial charge in [-0.2, -0.15) is 13.2 Å². The van der Waals surface area contributed by atoms with E-state index in [9.17, 15) is 13.2 Å². The number of thiazole rings is 1. The molecule has 0 aromatic carbocycles. The van der Waals surface area contributed by atoms with Crippen molar-refractivity contribution in [3.05, 3.63) is 11.1 Å². The van der Waals surface area contributed by atoms with Crippen molar-refractivity contribution in [2.75, 3.05) is 11.4 Å². The predicted octanol–water partition coefficient (Wildman–Crippen LogP) is 3.93. The molecule has 2 nitrogen and oxygen atoms in total. The number of halogens is 3. The Kier molecular flexibility index (Phi) is 3.00. The Labute approximate surface area is 108 Å². The molecule has 1 aromatic heterocycles. The first-order valence-corrected chi connectivity index (χ1v) is 7.17. The summed E-state index contributed by atoms with van der Waals surface area (Å²) in [4.78, 5) is 5.49. The fourth-order valence-corrected chi connectivity index (χ4v) is 4.04. The van der Waals surface area contributed by atoms with Crippen molar-refractivity contribution in [1.82, 2.24) is 4.98 Å². The lowest BCUT2D eigenvalue weighted by atomic mass is 9.85. The Morgan fingerprint density at radius 2 is 2.00 bits per heavy atom. The van der Waals surface area contributed by atoms with Crippen LogP contribution in [0.25, 0.3) is 0 Å². The molecule has 6 heteroatoms. The second-order valence-corrected chi connectivity index (χ2v) is 6.11. The third kappa shape index (κ3) is 2.11. The van der Waals surface area contributed by atoms with E-state index in [1.807, 2.05) is 0 Å². The molecule has 2 heterocycles. The summed E-state index contributed by atoms with van der Waals surface area (Å²) in [5.74, 6) is 0.664.